The zero-order chi connectivity index (χ0) is 19.3. The molecule has 0 saturated heterocycles. The lowest BCUT2D eigenvalue weighted by atomic mass is 10.1. The molecular formula is C20H19FN4O2S. The molecule has 0 spiro atoms. The summed E-state index contributed by atoms with van der Waals surface area (Å²) >= 11 is 1.39. The van der Waals surface area contributed by atoms with E-state index in [0.717, 1.165) is 23.4 Å². The molecule has 1 aliphatic carbocycles. The minimum atomic E-state index is -0.461. The van der Waals surface area contributed by atoms with Gasteiger partial charge in [0.1, 0.15) is 11.6 Å². The lowest BCUT2D eigenvalue weighted by Gasteiger charge is -2.20. The smallest absolute Gasteiger partial charge is 0.321 e. The number of para-hydroxylation sites is 1. The van der Waals surface area contributed by atoms with Crippen LogP contribution >= 0.6 is 11.3 Å². The summed E-state index contributed by atoms with van der Waals surface area (Å²) in [5.74, 6) is 0.186. The van der Waals surface area contributed by atoms with Gasteiger partial charge in [-0.3, -0.25) is 5.32 Å². The second-order valence-electron chi connectivity index (χ2n) is 6.52. The lowest BCUT2D eigenvalue weighted by molar-refractivity contribution is 0.231. The van der Waals surface area contributed by atoms with Crippen molar-refractivity contribution in [3.63, 3.8) is 0 Å². The summed E-state index contributed by atoms with van der Waals surface area (Å²) in [7, 11) is 0. The molecule has 1 atom stereocenters. The van der Waals surface area contributed by atoms with Gasteiger partial charge in [0.2, 0.25) is 5.13 Å². The second kappa shape index (κ2) is 8.35. The Balaban J connectivity index is 1.42. The molecule has 4 rings (SSSR count). The number of nitrogens with one attached hydrogen (secondary N) is 2. The number of nitrogens with zero attached hydrogens (tertiary/aromatic N) is 2. The summed E-state index contributed by atoms with van der Waals surface area (Å²) in [5.41, 5.74) is 0.852. The van der Waals surface area contributed by atoms with Gasteiger partial charge >= 0.3 is 6.03 Å². The number of halogens is 1. The third kappa shape index (κ3) is 4.64. The van der Waals surface area contributed by atoms with Crippen molar-refractivity contribution in [1.29, 1.82) is 0 Å². The first-order valence-electron chi connectivity index (χ1n) is 9.02. The van der Waals surface area contributed by atoms with Gasteiger partial charge in [-0.2, -0.15) is 0 Å². The van der Waals surface area contributed by atoms with E-state index >= 15 is 0 Å². The molecule has 144 valence electrons. The van der Waals surface area contributed by atoms with Crippen molar-refractivity contribution in [2.24, 2.45) is 0 Å². The maximum absolute atomic E-state index is 13.8. The highest BCUT2D eigenvalue weighted by Gasteiger charge is 2.28. The largest absolute Gasteiger partial charge is 0.488 e. The van der Waals surface area contributed by atoms with E-state index in [1.54, 1.807) is 18.2 Å². The first-order valence-corrected chi connectivity index (χ1v) is 9.84. The molecule has 1 heterocycles. The summed E-state index contributed by atoms with van der Waals surface area (Å²) in [6.45, 7) is 0.0851. The van der Waals surface area contributed by atoms with E-state index in [9.17, 15) is 9.18 Å². The van der Waals surface area contributed by atoms with E-state index in [4.69, 9.17) is 4.74 Å². The Hall–Kier alpha value is -3.00. The van der Waals surface area contributed by atoms with Crippen LogP contribution < -0.4 is 15.4 Å². The van der Waals surface area contributed by atoms with Crippen LogP contribution in [0.3, 0.4) is 0 Å². The number of anilines is 1. The quantitative estimate of drug-likeness (QED) is 0.615. The van der Waals surface area contributed by atoms with Crippen molar-refractivity contribution in [3.05, 3.63) is 71.0 Å². The molecule has 2 aromatic carbocycles. The third-order valence-corrected chi connectivity index (χ3v) is 5.34. The molecule has 1 aromatic heterocycles. The molecule has 0 radical (unpaired) electrons. The molecule has 1 saturated carbocycles. The van der Waals surface area contributed by atoms with E-state index in [2.05, 4.69) is 20.8 Å². The number of amides is 2. The summed E-state index contributed by atoms with van der Waals surface area (Å²) in [4.78, 5) is 12.5. The van der Waals surface area contributed by atoms with Gasteiger partial charge in [0.05, 0.1) is 6.04 Å². The van der Waals surface area contributed by atoms with Crippen LogP contribution in [0.15, 0.2) is 54.6 Å². The van der Waals surface area contributed by atoms with Crippen molar-refractivity contribution in [3.8, 4) is 5.75 Å². The number of carbonyl (C=O) groups is 1. The van der Waals surface area contributed by atoms with Crippen LogP contribution in [0.4, 0.5) is 14.3 Å². The van der Waals surface area contributed by atoms with Crippen LogP contribution in [0, 0.1) is 5.82 Å². The molecule has 1 unspecified atom stereocenters. The molecule has 0 bridgehead atoms. The van der Waals surface area contributed by atoms with Crippen molar-refractivity contribution >= 4 is 22.5 Å². The first-order chi connectivity index (χ1) is 13.7. The SMILES string of the molecule is O=C(Nc1nnc(C2CC2)s1)NC(COc1ccccc1F)c1ccccc1. The number of benzene rings is 2. The average Bonchev–Trinajstić information content (AvgIpc) is 3.46. The fourth-order valence-electron chi connectivity index (χ4n) is 2.71. The standard InChI is InChI=1S/C20H19FN4O2S/c21-15-8-4-5-9-17(15)27-12-16(13-6-2-1-3-7-13)22-19(26)23-20-25-24-18(28-20)14-10-11-14/h1-9,14,16H,10-12H2,(H2,22,23,25,26). The molecule has 0 aliphatic heterocycles. The van der Waals surface area contributed by atoms with Crippen molar-refractivity contribution in [1.82, 2.24) is 15.5 Å². The fourth-order valence-corrected chi connectivity index (χ4v) is 3.62. The number of ether oxygens (including phenoxy) is 1. The predicted octanol–water partition coefficient (Wildman–Crippen LogP) is 4.50. The Bertz CT molecular complexity index is 946. The number of carbonyl (C=O) groups excluding carboxylic acids is 1. The minimum Gasteiger partial charge on any atom is -0.488 e. The Morgan fingerprint density at radius 2 is 1.89 bits per heavy atom. The highest BCUT2D eigenvalue weighted by atomic mass is 32.1. The van der Waals surface area contributed by atoms with Crippen LogP contribution in [0.1, 0.15) is 35.4 Å². The first kappa shape index (κ1) is 18.4. The monoisotopic (exact) mass is 398 g/mol. The van der Waals surface area contributed by atoms with Crippen molar-refractivity contribution in [2.75, 3.05) is 11.9 Å². The van der Waals surface area contributed by atoms with Crippen LogP contribution in [0.5, 0.6) is 5.75 Å². The van der Waals surface area contributed by atoms with E-state index in [1.807, 2.05) is 30.3 Å². The zero-order valence-electron chi connectivity index (χ0n) is 15.0. The van der Waals surface area contributed by atoms with Gasteiger partial charge in [0, 0.05) is 5.92 Å². The van der Waals surface area contributed by atoms with Gasteiger partial charge in [-0.05, 0) is 30.5 Å². The second-order valence-corrected chi connectivity index (χ2v) is 7.53. The summed E-state index contributed by atoms with van der Waals surface area (Å²) in [6.07, 6.45) is 2.26. The van der Waals surface area contributed by atoms with Crippen LogP contribution in [-0.2, 0) is 0 Å². The molecule has 2 amide bonds. The summed E-state index contributed by atoms with van der Waals surface area (Å²) in [5, 5.41) is 15.1. The summed E-state index contributed by atoms with van der Waals surface area (Å²) in [6, 6.07) is 14.7. The number of aromatic nitrogens is 2. The molecule has 8 heteroatoms. The maximum atomic E-state index is 13.8. The number of urea groups is 1. The zero-order valence-corrected chi connectivity index (χ0v) is 15.8. The molecule has 28 heavy (non-hydrogen) atoms. The molecule has 2 N–H and O–H groups in total. The predicted molar refractivity (Wildman–Crippen MR) is 105 cm³/mol. The Labute approximate surface area is 165 Å². The topological polar surface area (TPSA) is 76.1 Å². The van der Waals surface area contributed by atoms with Gasteiger partial charge in [0.25, 0.3) is 0 Å². The fraction of sp³-hybridized carbons (Fsp3) is 0.250. The van der Waals surface area contributed by atoms with Gasteiger partial charge in [-0.25, -0.2) is 9.18 Å². The van der Waals surface area contributed by atoms with Gasteiger partial charge < -0.3 is 10.1 Å². The Kier molecular flexibility index (Phi) is 5.48. The minimum absolute atomic E-state index is 0.0851. The molecule has 6 nitrogen and oxygen atoms in total. The van der Waals surface area contributed by atoms with E-state index in [1.165, 1.54) is 17.4 Å². The van der Waals surface area contributed by atoms with E-state index in [0.29, 0.717) is 11.0 Å². The molecule has 1 fully saturated rings. The van der Waals surface area contributed by atoms with Crippen LogP contribution in [0.25, 0.3) is 0 Å². The highest BCUT2D eigenvalue weighted by Crippen LogP contribution is 2.42. The number of hydrogen-bond donors (Lipinski definition) is 2. The molecule has 3 aromatic rings. The number of rotatable bonds is 7. The van der Waals surface area contributed by atoms with Crippen LogP contribution in [-0.4, -0.2) is 22.8 Å². The van der Waals surface area contributed by atoms with Gasteiger partial charge in [0.15, 0.2) is 11.6 Å². The Morgan fingerprint density at radius 3 is 2.64 bits per heavy atom. The summed E-state index contributed by atoms with van der Waals surface area (Å²) < 4.78 is 19.4. The highest BCUT2D eigenvalue weighted by molar-refractivity contribution is 7.15. The van der Waals surface area contributed by atoms with E-state index in [-0.39, 0.29) is 12.4 Å². The lowest BCUT2D eigenvalue weighted by Crippen LogP contribution is -2.35. The number of hydrogen-bond acceptors (Lipinski definition) is 5. The Morgan fingerprint density at radius 1 is 1.14 bits per heavy atom. The van der Waals surface area contributed by atoms with Crippen molar-refractivity contribution < 1.29 is 13.9 Å². The maximum Gasteiger partial charge on any atom is 0.321 e. The average molecular weight is 398 g/mol. The third-order valence-electron chi connectivity index (χ3n) is 4.34. The van der Waals surface area contributed by atoms with Gasteiger partial charge in [-0.15, -0.1) is 10.2 Å². The molecular weight excluding hydrogens is 379 g/mol. The molecule has 1 aliphatic rings. The van der Waals surface area contributed by atoms with Gasteiger partial charge in [-0.1, -0.05) is 53.8 Å². The van der Waals surface area contributed by atoms with E-state index < -0.39 is 17.9 Å². The van der Waals surface area contributed by atoms with Crippen LogP contribution in [0.2, 0.25) is 0 Å². The normalized spacial score (nSPS) is 14.3. The van der Waals surface area contributed by atoms with Crippen molar-refractivity contribution in [2.45, 2.75) is 24.8 Å².